The Morgan fingerprint density at radius 1 is 1.19 bits per heavy atom. The van der Waals surface area contributed by atoms with Crippen LogP contribution in [0, 0.1) is 0 Å². The summed E-state index contributed by atoms with van der Waals surface area (Å²) >= 11 is 0. The highest BCUT2D eigenvalue weighted by Gasteiger charge is 2.19. The van der Waals surface area contributed by atoms with E-state index in [1.807, 2.05) is 0 Å². The fourth-order valence-corrected chi connectivity index (χ4v) is 3.04. The van der Waals surface area contributed by atoms with Gasteiger partial charge in [0.15, 0.2) is 11.5 Å². The van der Waals surface area contributed by atoms with Gasteiger partial charge in [-0.05, 0) is 44.2 Å². The first kappa shape index (κ1) is 16.7. The number of hydrogen-bond acceptors (Lipinski definition) is 6. The third-order valence-corrected chi connectivity index (χ3v) is 4.58. The molecule has 0 saturated carbocycles. The van der Waals surface area contributed by atoms with Gasteiger partial charge in [-0.2, -0.15) is 0 Å². The Labute approximate surface area is 151 Å². The average Bonchev–Trinajstić information content (AvgIpc) is 3.13. The van der Waals surface area contributed by atoms with E-state index in [-0.39, 0.29) is 18.8 Å². The maximum atomic E-state index is 12.4. The molecular weight excluding hydrogens is 334 g/mol. The van der Waals surface area contributed by atoms with Gasteiger partial charge in [-0.1, -0.05) is 0 Å². The van der Waals surface area contributed by atoms with Crippen molar-refractivity contribution >= 4 is 11.6 Å². The van der Waals surface area contributed by atoms with Crippen molar-refractivity contribution in [3.05, 3.63) is 42.1 Å². The number of likely N-dealkylation sites (tertiary alicyclic amines) is 1. The predicted molar refractivity (Wildman–Crippen MR) is 95.9 cm³/mol. The highest BCUT2D eigenvalue weighted by atomic mass is 16.7. The molecule has 1 N–H and O–H groups in total. The minimum absolute atomic E-state index is 0.184. The number of rotatable bonds is 4. The summed E-state index contributed by atoms with van der Waals surface area (Å²) in [7, 11) is 2.12. The number of fused-ring (bicyclic) bond motifs is 1. The molecule has 7 nitrogen and oxygen atoms in total. The number of pyridine rings is 1. The molecule has 2 aromatic rings. The third kappa shape index (κ3) is 3.72. The topological polar surface area (TPSA) is 72.9 Å². The summed E-state index contributed by atoms with van der Waals surface area (Å²) < 4.78 is 16.5. The van der Waals surface area contributed by atoms with Crippen LogP contribution in [0.15, 0.2) is 36.5 Å². The van der Waals surface area contributed by atoms with E-state index < -0.39 is 0 Å². The zero-order chi connectivity index (χ0) is 17.9. The fourth-order valence-electron chi connectivity index (χ4n) is 3.04. The predicted octanol–water partition coefficient (Wildman–Crippen LogP) is 2.54. The largest absolute Gasteiger partial charge is 0.474 e. The van der Waals surface area contributed by atoms with Gasteiger partial charge in [-0.3, -0.25) is 4.79 Å². The van der Waals surface area contributed by atoms with Crippen LogP contribution >= 0.6 is 0 Å². The van der Waals surface area contributed by atoms with Crippen LogP contribution in [0.4, 0.5) is 5.69 Å². The second-order valence-corrected chi connectivity index (χ2v) is 6.53. The zero-order valence-electron chi connectivity index (χ0n) is 14.6. The molecule has 1 fully saturated rings. The van der Waals surface area contributed by atoms with Crippen LogP contribution in [0.2, 0.25) is 0 Å². The second kappa shape index (κ2) is 7.21. The molecule has 0 atom stereocenters. The molecule has 0 bridgehead atoms. The Hall–Kier alpha value is -2.80. The maximum Gasteiger partial charge on any atom is 0.255 e. The monoisotopic (exact) mass is 355 g/mol. The molecule has 1 aromatic heterocycles. The van der Waals surface area contributed by atoms with Crippen LogP contribution in [-0.2, 0) is 0 Å². The van der Waals surface area contributed by atoms with Crippen molar-refractivity contribution in [3.63, 3.8) is 0 Å². The molecule has 2 aliphatic heterocycles. The number of carbonyl (C=O) groups excluding carboxylic acids is 1. The summed E-state index contributed by atoms with van der Waals surface area (Å²) in [5.41, 5.74) is 1.12. The van der Waals surface area contributed by atoms with E-state index in [0.29, 0.717) is 28.6 Å². The van der Waals surface area contributed by atoms with Crippen molar-refractivity contribution in [1.29, 1.82) is 0 Å². The Bertz CT molecular complexity index is 786. The van der Waals surface area contributed by atoms with E-state index in [1.54, 1.807) is 36.5 Å². The summed E-state index contributed by atoms with van der Waals surface area (Å²) in [6.45, 7) is 2.26. The van der Waals surface area contributed by atoms with Gasteiger partial charge in [0.05, 0.1) is 11.9 Å². The summed E-state index contributed by atoms with van der Waals surface area (Å²) in [4.78, 5) is 19.0. The molecule has 4 rings (SSSR count). The van der Waals surface area contributed by atoms with Gasteiger partial charge in [0, 0.05) is 24.7 Å². The number of anilines is 1. The van der Waals surface area contributed by atoms with Crippen LogP contribution in [0.3, 0.4) is 0 Å². The van der Waals surface area contributed by atoms with Crippen molar-refractivity contribution in [2.24, 2.45) is 0 Å². The number of aromatic nitrogens is 1. The second-order valence-electron chi connectivity index (χ2n) is 6.53. The van der Waals surface area contributed by atoms with E-state index in [0.717, 1.165) is 25.9 Å². The van der Waals surface area contributed by atoms with Crippen LogP contribution in [0.1, 0.15) is 23.2 Å². The van der Waals surface area contributed by atoms with Crippen molar-refractivity contribution in [1.82, 2.24) is 9.88 Å². The van der Waals surface area contributed by atoms with Crippen LogP contribution < -0.4 is 19.5 Å². The molecule has 26 heavy (non-hydrogen) atoms. The Balaban J connectivity index is 1.35. The van der Waals surface area contributed by atoms with Crippen molar-refractivity contribution in [3.8, 4) is 17.4 Å². The van der Waals surface area contributed by atoms with E-state index >= 15 is 0 Å². The highest BCUT2D eigenvalue weighted by Crippen LogP contribution is 2.32. The number of nitrogens with zero attached hydrogens (tertiary/aromatic N) is 2. The maximum absolute atomic E-state index is 12.4. The zero-order valence-corrected chi connectivity index (χ0v) is 14.6. The minimum atomic E-state index is -0.228. The lowest BCUT2D eigenvalue weighted by Gasteiger charge is -2.28. The van der Waals surface area contributed by atoms with Crippen LogP contribution in [0.5, 0.6) is 17.4 Å². The van der Waals surface area contributed by atoms with E-state index in [1.165, 1.54) is 0 Å². The van der Waals surface area contributed by atoms with Crippen molar-refractivity contribution < 1.29 is 19.0 Å². The molecule has 3 heterocycles. The molecule has 0 radical (unpaired) electrons. The van der Waals surface area contributed by atoms with Crippen molar-refractivity contribution in [2.45, 2.75) is 18.9 Å². The minimum Gasteiger partial charge on any atom is -0.474 e. The SMILES string of the molecule is CN1CCC(Oc2ccc(NC(=O)c3ccc4c(c3)OCO4)cn2)CC1. The molecule has 1 amide bonds. The molecule has 0 spiro atoms. The highest BCUT2D eigenvalue weighted by molar-refractivity contribution is 6.04. The molecule has 1 saturated heterocycles. The number of nitrogens with one attached hydrogen (secondary N) is 1. The lowest BCUT2D eigenvalue weighted by atomic mass is 10.1. The Morgan fingerprint density at radius 3 is 2.77 bits per heavy atom. The number of piperidine rings is 1. The normalized spacial score (nSPS) is 17.1. The average molecular weight is 355 g/mol. The molecule has 1 aromatic carbocycles. The summed E-state index contributed by atoms with van der Waals surface area (Å²) in [5, 5.41) is 2.83. The molecular formula is C19H21N3O4. The summed E-state index contributed by atoms with van der Waals surface area (Å²) in [6.07, 6.45) is 3.81. The summed E-state index contributed by atoms with van der Waals surface area (Å²) in [6, 6.07) is 8.68. The first-order valence-corrected chi connectivity index (χ1v) is 8.69. The van der Waals surface area contributed by atoms with E-state index in [9.17, 15) is 4.79 Å². The molecule has 7 heteroatoms. The Morgan fingerprint density at radius 2 is 2.00 bits per heavy atom. The van der Waals surface area contributed by atoms with Gasteiger partial charge in [-0.25, -0.2) is 4.98 Å². The third-order valence-electron chi connectivity index (χ3n) is 4.58. The van der Waals surface area contributed by atoms with Gasteiger partial charge in [0.25, 0.3) is 5.91 Å². The number of hydrogen-bond donors (Lipinski definition) is 1. The van der Waals surface area contributed by atoms with Gasteiger partial charge in [0.1, 0.15) is 6.10 Å². The van der Waals surface area contributed by atoms with Crippen LogP contribution in [0.25, 0.3) is 0 Å². The smallest absolute Gasteiger partial charge is 0.255 e. The lowest BCUT2D eigenvalue weighted by Crippen LogP contribution is -2.35. The molecule has 0 aliphatic carbocycles. The number of carbonyl (C=O) groups is 1. The fraction of sp³-hybridized carbons (Fsp3) is 0.368. The van der Waals surface area contributed by atoms with E-state index in [4.69, 9.17) is 14.2 Å². The van der Waals surface area contributed by atoms with Crippen LogP contribution in [-0.4, -0.2) is 48.8 Å². The Kier molecular flexibility index (Phi) is 4.62. The summed E-state index contributed by atoms with van der Waals surface area (Å²) in [5.74, 6) is 1.59. The number of amides is 1. The standard InChI is InChI=1S/C19H21N3O4/c1-22-8-6-15(7-9-22)26-18-5-3-14(11-20-18)21-19(23)13-2-4-16-17(10-13)25-12-24-16/h2-5,10-11,15H,6-9,12H2,1H3,(H,21,23). The van der Waals surface area contributed by atoms with E-state index in [2.05, 4.69) is 22.2 Å². The van der Waals surface area contributed by atoms with Gasteiger partial charge >= 0.3 is 0 Å². The van der Waals surface area contributed by atoms with Crippen molar-refractivity contribution in [2.75, 3.05) is 32.2 Å². The van der Waals surface area contributed by atoms with Gasteiger partial charge < -0.3 is 24.4 Å². The number of ether oxygens (including phenoxy) is 3. The van der Waals surface area contributed by atoms with Gasteiger partial charge in [-0.15, -0.1) is 0 Å². The number of benzene rings is 1. The molecule has 2 aliphatic rings. The molecule has 136 valence electrons. The molecule has 0 unspecified atom stereocenters. The quantitative estimate of drug-likeness (QED) is 0.909. The van der Waals surface area contributed by atoms with Gasteiger partial charge in [0.2, 0.25) is 12.7 Å². The lowest BCUT2D eigenvalue weighted by molar-refractivity contribution is 0.102. The first-order chi connectivity index (χ1) is 12.7. The first-order valence-electron chi connectivity index (χ1n) is 8.69.